The van der Waals surface area contributed by atoms with Gasteiger partial charge in [-0.3, -0.25) is 9.69 Å². The summed E-state index contributed by atoms with van der Waals surface area (Å²) in [5.74, 6) is -1.88. The Bertz CT molecular complexity index is 2050. The van der Waals surface area contributed by atoms with Gasteiger partial charge in [-0.05, 0) is 68.5 Å². The van der Waals surface area contributed by atoms with Crippen molar-refractivity contribution in [2.45, 2.75) is 74.7 Å². The van der Waals surface area contributed by atoms with Crippen LogP contribution in [0.1, 0.15) is 55.8 Å². The number of ether oxygens (including phenoxy) is 1. The lowest BCUT2D eigenvalue weighted by atomic mass is 9.53. The first-order valence-electron chi connectivity index (χ1n) is 18.1. The first kappa shape index (κ1) is 29.9. The number of carboxylic acids is 1. The van der Waals surface area contributed by atoms with Crippen molar-refractivity contribution in [1.29, 1.82) is 0 Å². The zero-order valence-electron chi connectivity index (χ0n) is 28.6. The van der Waals surface area contributed by atoms with Crippen molar-refractivity contribution in [3.05, 3.63) is 93.9 Å². The Balaban J connectivity index is 1.35. The van der Waals surface area contributed by atoms with Crippen LogP contribution in [0.2, 0.25) is 0 Å². The molecule has 7 heterocycles. The van der Waals surface area contributed by atoms with Gasteiger partial charge in [0.05, 0.1) is 31.1 Å². The highest BCUT2D eigenvalue weighted by atomic mass is 16.5. The predicted molar refractivity (Wildman–Crippen MR) is 186 cm³/mol. The maximum absolute atomic E-state index is 14.6. The van der Waals surface area contributed by atoms with E-state index in [-0.39, 0.29) is 29.8 Å². The molecule has 4 bridgehead atoms. The fraction of sp³-hybridized carbons (Fsp3) is 0.500. The molecule has 9 nitrogen and oxygen atoms in total. The molecule has 7 aliphatic rings. The number of methoxy groups -OCH3 is 1. The smallest absolute Gasteiger partial charge is 0.327 e. The molecule has 10 rings (SSSR count). The number of hydrogen-bond donors (Lipinski definition) is 1. The van der Waals surface area contributed by atoms with E-state index in [2.05, 4.69) is 82.0 Å². The maximum Gasteiger partial charge on any atom is 0.327 e. The van der Waals surface area contributed by atoms with Gasteiger partial charge < -0.3 is 29.2 Å². The molecule has 2 aromatic carbocycles. The number of benzene rings is 2. The molecule has 1 aromatic heterocycles. The summed E-state index contributed by atoms with van der Waals surface area (Å²) in [5.41, 5.74) is 6.96. The summed E-state index contributed by atoms with van der Waals surface area (Å²) in [5, 5.41) is 27.0. The summed E-state index contributed by atoms with van der Waals surface area (Å²) in [4.78, 5) is 32.8. The van der Waals surface area contributed by atoms with Gasteiger partial charge in [0, 0.05) is 47.5 Å². The minimum atomic E-state index is -0.773. The number of aromatic nitrogens is 1. The fourth-order valence-corrected chi connectivity index (χ4v) is 13.0. The number of para-hydroxylation sites is 2. The standard InChI is InChI=1S/C40H44N4O5/c1-5-22-20-41-16-15-39-28-12-8-10-14-31(28)43-36(37(45)46)26(22)19-33(41)40(39,43)42-30-13-9-7-11-24(30)27-18-32-34(38(47)49-4)25(17-29(39)35(27)42)23(6-2)21-44(32,3)48/h5-14,25-26,29,32-34,36H,15-21H2,1-4H3,(H,45,46)/b22-5-,23-6-/t25?,26-,29-,32-,33-,34+,36-,39?,40?,44+/m0/s1. The second kappa shape index (κ2) is 9.65. The zero-order chi connectivity index (χ0) is 33.8. The van der Waals surface area contributed by atoms with Crippen LogP contribution in [0.5, 0.6) is 0 Å². The van der Waals surface area contributed by atoms with Gasteiger partial charge >= 0.3 is 11.9 Å². The number of aliphatic carboxylic acids is 1. The van der Waals surface area contributed by atoms with Crippen molar-refractivity contribution in [1.82, 2.24) is 9.47 Å². The van der Waals surface area contributed by atoms with E-state index in [9.17, 15) is 19.9 Å². The van der Waals surface area contributed by atoms with Crippen molar-refractivity contribution in [2.24, 2.45) is 17.8 Å². The average molecular weight is 661 g/mol. The number of rotatable bonds is 2. The van der Waals surface area contributed by atoms with Crippen molar-refractivity contribution < 1.29 is 24.1 Å². The van der Waals surface area contributed by atoms with Crippen molar-refractivity contribution in [3.63, 3.8) is 0 Å². The minimum absolute atomic E-state index is 0.00822. The monoisotopic (exact) mass is 660 g/mol. The second-order valence-corrected chi connectivity index (χ2v) is 15.9. The Kier molecular flexibility index (Phi) is 5.90. The predicted octanol–water partition coefficient (Wildman–Crippen LogP) is 5.28. The van der Waals surface area contributed by atoms with Gasteiger partial charge in [-0.15, -0.1) is 0 Å². The van der Waals surface area contributed by atoms with Crippen LogP contribution >= 0.6 is 0 Å². The van der Waals surface area contributed by atoms with E-state index in [1.165, 1.54) is 23.9 Å². The summed E-state index contributed by atoms with van der Waals surface area (Å²) in [6.45, 7) is 6.13. The second-order valence-electron chi connectivity index (χ2n) is 15.9. The van der Waals surface area contributed by atoms with Crippen LogP contribution in [0.25, 0.3) is 10.9 Å². The number of carbonyl (C=O) groups excluding carboxylic acids is 1. The first-order valence-corrected chi connectivity index (χ1v) is 18.1. The highest BCUT2D eigenvalue weighted by Crippen LogP contribution is 2.76. The molecule has 0 saturated carbocycles. The number of hydroxylamine groups is 3. The first-order chi connectivity index (χ1) is 23.6. The number of anilines is 1. The summed E-state index contributed by atoms with van der Waals surface area (Å²) in [6, 6.07) is 16.1. The third-order valence-corrected chi connectivity index (χ3v) is 14.5. The molecule has 3 unspecified atom stereocenters. The number of fused-ring (bicyclic) bond motifs is 8. The van der Waals surface area contributed by atoms with Crippen LogP contribution in [0.3, 0.4) is 0 Å². The molecule has 4 saturated heterocycles. The number of carbonyl (C=O) groups is 2. The average Bonchev–Trinajstić information content (AvgIpc) is 3.64. The normalized spacial score (nSPS) is 41.2. The lowest BCUT2D eigenvalue weighted by molar-refractivity contribution is -0.890. The number of esters is 1. The number of hydrogen-bond acceptors (Lipinski definition) is 6. The molecule has 6 aliphatic heterocycles. The lowest BCUT2D eigenvalue weighted by Gasteiger charge is -2.67. The van der Waals surface area contributed by atoms with Gasteiger partial charge in [-0.1, -0.05) is 54.1 Å². The number of likely N-dealkylation sites (tertiary alicyclic amines) is 1. The number of likely N-dealkylation sites (N-methyl/N-ethyl adjacent to an activating group) is 1. The number of quaternary nitrogens is 1. The molecule has 10 atom stereocenters. The number of carboxylic acid groups (broad SMARTS) is 1. The third kappa shape index (κ3) is 3.20. The maximum atomic E-state index is 14.6. The van der Waals surface area contributed by atoms with Gasteiger partial charge in [-0.25, -0.2) is 4.79 Å². The molecular weight excluding hydrogens is 616 g/mol. The van der Waals surface area contributed by atoms with E-state index < -0.39 is 39.7 Å². The Morgan fingerprint density at radius 1 is 1.04 bits per heavy atom. The molecule has 1 N–H and O–H groups in total. The Morgan fingerprint density at radius 3 is 2.55 bits per heavy atom. The molecule has 254 valence electrons. The Morgan fingerprint density at radius 2 is 1.80 bits per heavy atom. The minimum Gasteiger partial charge on any atom is -0.633 e. The largest absolute Gasteiger partial charge is 0.633 e. The highest BCUT2D eigenvalue weighted by Gasteiger charge is 2.80. The molecule has 49 heavy (non-hydrogen) atoms. The van der Waals surface area contributed by atoms with E-state index in [1.54, 1.807) is 7.05 Å². The van der Waals surface area contributed by atoms with Gasteiger partial charge in [-0.2, -0.15) is 0 Å². The van der Waals surface area contributed by atoms with Crippen molar-refractivity contribution >= 4 is 28.5 Å². The SMILES string of the molecule is C/C=C1/C[N@@+](C)([O-])[C@H]2Cc3c4n(c5ccccc35)C35[C@@H]6C[C@H]7/C(=C\C)CN6CCC3(c3ccccc3N5[C@@H]7C(=O)O)[C@H]4CC1[C@H]2C(=O)OC. The Hall–Kier alpha value is -3.92. The summed E-state index contributed by atoms with van der Waals surface area (Å²) in [6.07, 6.45) is 7.08. The quantitative estimate of drug-likeness (QED) is 0.173. The van der Waals surface area contributed by atoms with Crippen LogP contribution in [-0.2, 0) is 31.8 Å². The number of nitrogens with zero attached hydrogens (tertiary/aromatic N) is 4. The van der Waals surface area contributed by atoms with Crippen molar-refractivity contribution in [2.75, 3.05) is 38.7 Å². The van der Waals surface area contributed by atoms with E-state index in [0.29, 0.717) is 19.4 Å². The molecular formula is C40H44N4O5. The summed E-state index contributed by atoms with van der Waals surface area (Å²) < 4.78 is 7.64. The molecule has 0 amide bonds. The van der Waals surface area contributed by atoms with Gasteiger partial charge in [0.2, 0.25) is 0 Å². The van der Waals surface area contributed by atoms with E-state index in [0.717, 1.165) is 53.7 Å². The molecule has 0 radical (unpaired) electrons. The summed E-state index contributed by atoms with van der Waals surface area (Å²) >= 11 is 0. The van der Waals surface area contributed by atoms with Gasteiger partial charge in [0.25, 0.3) is 0 Å². The van der Waals surface area contributed by atoms with Crippen molar-refractivity contribution in [3.8, 4) is 0 Å². The topological polar surface area (TPSA) is 98.1 Å². The molecule has 9 heteroatoms. The third-order valence-electron chi connectivity index (χ3n) is 14.5. The lowest BCUT2D eigenvalue weighted by Crippen LogP contribution is -2.79. The van der Waals surface area contributed by atoms with E-state index in [4.69, 9.17) is 4.74 Å². The number of allylic oxidation sites excluding steroid dienone is 2. The fourth-order valence-electron chi connectivity index (χ4n) is 13.0. The van der Waals surface area contributed by atoms with Gasteiger partial charge in [0.1, 0.15) is 30.2 Å². The van der Waals surface area contributed by atoms with E-state index in [1.807, 2.05) is 6.92 Å². The van der Waals surface area contributed by atoms with Crippen LogP contribution < -0.4 is 4.90 Å². The molecule has 4 fully saturated rings. The van der Waals surface area contributed by atoms with Crippen LogP contribution in [0.4, 0.5) is 5.69 Å². The van der Waals surface area contributed by atoms with Gasteiger partial charge in [0.15, 0.2) is 0 Å². The molecule has 3 aromatic rings. The van der Waals surface area contributed by atoms with E-state index >= 15 is 0 Å². The zero-order valence-corrected chi connectivity index (χ0v) is 28.6. The summed E-state index contributed by atoms with van der Waals surface area (Å²) in [7, 11) is 3.19. The number of piperidine rings is 4. The van der Waals surface area contributed by atoms with Crippen LogP contribution in [0, 0.1) is 23.0 Å². The van der Waals surface area contributed by atoms with Crippen LogP contribution in [0.15, 0.2) is 71.8 Å². The van der Waals surface area contributed by atoms with Crippen LogP contribution in [-0.4, -0.2) is 83.1 Å². The molecule has 1 aliphatic carbocycles. The Labute approximate surface area is 286 Å². The highest BCUT2D eigenvalue weighted by molar-refractivity contribution is 5.91. The molecule has 1 spiro atoms.